The number of carbonyl (C=O) groups is 1. The van der Waals surface area contributed by atoms with Crippen LogP contribution in [0, 0.1) is 0 Å². The molecule has 28 heavy (non-hydrogen) atoms. The van der Waals surface area contributed by atoms with Crippen LogP contribution in [0.5, 0.6) is 11.5 Å². The molecular weight excluding hydrogens is 379 g/mol. The van der Waals surface area contributed by atoms with E-state index in [4.69, 9.17) is 9.47 Å². The van der Waals surface area contributed by atoms with Gasteiger partial charge in [0.1, 0.15) is 0 Å². The minimum absolute atomic E-state index is 0.000211. The Morgan fingerprint density at radius 3 is 2.68 bits per heavy atom. The van der Waals surface area contributed by atoms with Gasteiger partial charge in [0.15, 0.2) is 17.2 Å². The summed E-state index contributed by atoms with van der Waals surface area (Å²) in [6.45, 7) is 0.0978. The standard InChI is InChI=1S/C17H12F3N5O3/c18-17(19,20)14-11(8-24-25(14)16-21-4-1-5-22-16)15(26)23-7-10-2-3-12-13(6-10)28-9-27-12/h1-6,8H,7,9H2,(H,23,26). The molecule has 0 fully saturated rings. The van der Waals surface area contributed by atoms with Gasteiger partial charge in [-0.2, -0.15) is 23.0 Å². The zero-order valence-electron chi connectivity index (χ0n) is 14.1. The van der Waals surface area contributed by atoms with Gasteiger partial charge in [-0.1, -0.05) is 6.07 Å². The van der Waals surface area contributed by atoms with E-state index in [-0.39, 0.29) is 19.3 Å². The molecule has 0 radical (unpaired) electrons. The number of amides is 1. The first-order chi connectivity index (χ1) is 13.4. The Morgan fingerprint density at radius 1 is 1.18 bits per heavy atom. The third-order valence-corrected chi connectivity index (χ3v) is 3.91. The second kappa shape index (κ2) is 6.83. The van der Waals surface area contributed by atoms with Crippen LogP contribution in [0.15, 0.2) is 42.9 Å². The molecule has 0 saturated carbocycles. The summed E-state index contributed by atoms with van der Waals surface area (Å²) in [5.74, 6) is -0.132. The number of nitrogens with zero attached hydrogens (tertiary/aromatic N) is 4. The Balaban J connectivity index is 1.58. The molecule has 1 aliphatic heterocycles. The van der Waals surface area contributed by atoms with Crippen LogP contribution in [0.25, 0.3) is 5.95 Å². The van der Waals surface area contributed by atoms with Gasteiger partial charge < -0.3 is 14.8 Å². The molecule has 0 atom stereocenters. The van der Waals surface area contributed by atoms with Crippen LogP contribution in [0.1, 0.15) is 21.6 Å². The second-order valence-corrected chi connectivity index (χ2v) is 5.74. The summed E-state index contributed by atoms with van der Waals surface area (Å²) < 4.78 is 51.6. The van der Waals surface area contributed by atoms with Crippen molar-refractivity contribution in [1.29, 1.82) is 0 Å². The molecule has 8 nitrogen and oxygen atoms in total. The second-order valence-electron chi connectivity index (χ2n) is 5.74. The maximum absolute atomic E-state index is 13.6. The van der Waals surface area contributed by atoms with Crippen LogP contribution in [-0.2, 0) is 12.7 Å². The first-order valence-corrected chi connectivity index (χ1v) is 8.03. The summed E-state index contributed by atoms with van der Waals surface area (Å²) in [5.41, 5.74) is -1.23. The highest BCUT2D eigenvalue weighted by molar-refractivity contribution is 5.95. The van der Waals surface area contributed by atoms with Crippen LogP contribution < -0.4 is 14.8 Å². The van der Waals surface area contributed by atoms with E-state index < -0.39 is 23.3 Å². The maximum atomic E-state index is 13.6. The van der Waals surface area contributed by atoms with E-state index in [2.05, 4.69) is 20.4 Å². The van der Waals surface area contributed by atoms with Crippen molar-refractivity contribution in [3.05, 3.63) is 59.7 Å². The van der Waals surface area contributed by atoms with Gasteiger partial charge in [-0.15, -0.1) is 0 Å². The fraction of sp³-hybridized carbons (Fsp3) is 0.176. The summed E-state index contributed by atoms with van der Waals surface area (Å²) >= 11 is 0. The number of halogens is 3. The lowest BCUT2D eigenvalue weighted by atomic mass is 10.2. The average molecular weight is 391 g/mol. The Labute approximate surface area is 155 Å². The zero-order valence-corrected chi connectivity index (χ0v) is 14.1. The molecule has 0 aliphatic carbocycles. The van der Waals surface area contributed by atoms with Gasteiger partial charge in [-0.3, -0.25) is 4.79 Å². The van der Waals surface area contributed by atoms with Crippen molar-refractivity contribution in [2.45, 2.75) is 12.7 Å². The molecule has 0 bridgehead atoms. The molecule has 4 rings (SSSR count). The molecule has 11 heteroatoms. The summed E-state index contributed by atoms with van der Waals surface area (Å²) in [6.07, 6.45) is -1.43. The first-order valence-electron chi connectivity index (χ1n) is 8.03. The van der Waals surface area contributed by atoms with Gasteiger partial charge in [-0.25, -0.2) is 9.97 Å². The van der Waals surface area contributed by atoms with Crippen LogP contribution in [0.4, 0.5) is 13.2 Å². The highest BCUT2D eigenvalue weighted by Crippen LogP contribution is 2.34. The molecule has 3 aromatic rings. The number of ether oxygens (including phenoxy) is 2. The molecule has 144 valence electrons. The predicted molar refractivity (Wildman–Crippen MR) is 87.9 cm³/mol. The van der Waals surface area contributed by atoms with Crippen LogP contribution in [-0.4, -0.2) is 32.4 Å². The van der Waals surface area contributed by atoms with E-state index >= 15 is 0 Å². The monoisotopic (exact) mass is 391 g/mol. The number of carbonyl (C=O) groups excluding carboxylic acids is 1. The number of hydrogen-bond donors (Lipinski definition) is 1. The maximum Gasteiger partial charge on any atom is 0.434 e. The van der Waals surface area contributed by atoms with E-state index in [1.165, 1.54) is 18.5 Å². The number of rotatable bonds is 4. The van der Waals surface area contributed by atoms with Gasteiger partial charge in [0.2, 0.25) is 6.79 Å². The third-order valence-electron chi connectivity index (χ3n) is 3.91. The topological polar surface area (TPSA) is 91.2 Å². The summed E-state index contributed by atoms with van der Waals surface area (Å²) in [5, 5.41) is 6.10. The summed E-state index contributed by atoms with van der Waals surface area (Å²) in [7, 11) is 0. The molecule has 2 aromatic heterocycles. The number of nitrogens with one attached hydrogen (secondary N) is 1. The minimum atomic E-state index is -4.83. The highest BCUT2D eigenvalue weighted by Gasteiger charge is 2.41. The number of hydrogen-bond acceptors (Lipinski definition) is 6. The lowest BCUT2D eigenvalue weighted by Crippen LogP contribution is -2.26. The van der Waals surface area contributed by atoms with Crippen molar-refractivity contribution >= 4 is 5.91 Å². The fourth-order valence-corrected chi connectivity index (χ4v) is 2.67. The number of alkyl halides is 3. The van der Waals surface area contributed by atoms with E-state index in [0.717, 1.165) is 6.20 Å². The van der Waals surface area contributed by atoms with E-state index in [0.29, 0.717) is 21.7 Å². The van der Waals surface area contributed by atoms with Crippen LogP contribution >= 0.6 is 0 Å². The normalized spacial score (nSPS) is 12.8. The predicted octanol–water partition coefficient (Wildman–Crippen LogP) is 2.34. The Morgan fingerprint density at radius 2 is 1.93 bits per heavy atom. The minimum Gasteiger partial charge on any atom is -0.454 e. The smallest absolute Gasteiger partial charge is 0.434 e. The molecule has 0 spiro atoms. The molecule has 1 N–H and O–H groups in total. The van der Waals surface area contributed by atoms with Crippen molar-refractivity contribution in [1.82, 2.24) is 25.1 Å². The van der Waals surface area contributed by atoms with Crippen LogP contribution in [0.2, 0.25) is 0 Å². The van der Waals surface area contributed by atoms with Crippen molar-refractivity contribution in [3.63, 3.8) is 0 Å². The molecule has 0 saturated heterocycles. The zero-order chi connectivity index (χ0) is 19.7. The van der Waals surface area contributed by atoms with Gasteiger partial charge in [0, 0.05) is 18.9 Å². The van der Waals surface area contributed by atoms with Crippen molar-refractivity contribution in [2.75, 3.05) is 6.79 Å². The first kappa shape index (κ1) is 17.8. The number of benzene rings is 1. The van der Waals surface area contributed by atoms with E-state index in [1.54, 1.807) is 18.2 Å². The molecule has 1 aliphatic rings. The van der Waals surface area contributed by atoms with Gasteiger partial charge in [0.25, 0.3) is 11.9 Å². The van der Waals surface area contributed by atoms with Crippen molar-refractivity contribution in [2.24, 2.45) is 0 Å². The summed E-state index contributed by atoms with van der Waals surface area (Å²) in [4.78, 5) is 19.9. The lowest BCUT2D eigenvalue weighted by molar-refractivity contribution is -0.143. The molecule has 0 unspecified atom stereocenters. The Kier molecular flexibility index (Phi) is 4.34. The van der Waals surface area contributed by atoms with E-state index in [1.807, 2.05) is 0 Å². The molecule has 3 heterocycles. The quantitative estimate of drug-likeness (QED) is 0.734. The Bertz CT molecular complexity index is 1020. The van der Waals surface area contributed by atoms with Gasteiger partial charge in [-0.05, 0) is 23.8 Å². The largest absolute Gasteiger partial charge is 0.454 e. The fourth-order valence-electron chi connectivity index (χ4n) is 2.67. The van der Waals surface area contributed by atoms with Crippen molar-refractivity contribution < 1.29 is 27.4 Å². The average Bonchev–Trinajstić information content (AvgIpc) is 3.33. The molecule has 1 aromatic carbocycles. The van der Waals surface area contributed by atoms with Crippen molar-refractivity contribution in [3.8, 4) is 17.4 Å². The number of aromatic nitrogens is 4. The van der Waals surface area contributed by atoms with E-state index in [9.17, 15) is 18.0 Å². The third kappa shape index (κ3) is 3.33. The highest BCUT2D eigenvalue weighted by atomic mass is 19.4. The molecular formula is C17H12F3N5O3. The van der Waals surface area contributed by atoms with Gasteiger partial charge in [0.05, 0.1) is 11.8 Å². The summed E-state index contributed by atoms with van der Waals surface area (Å²) in [6, 6.07) is 6.45. The van der Waals surface area contributed by atoms with Crippen LogP contribution in [0.3, 0.4) is 0 Å². The Hall–Kier alpha value is -3.63. The molecule has 1 amide bonds. The van der Waals surface area contributed by atoms with Gasteiger partial charge >= 0.3 is 6.18 Å². The number of fused-ring (bicyclic) bond motifs is 1. The lowest BCUT2D eigenvalue weighted by Gasteiger charge is -2.11. The SMILES string of the molecule is O=C(NCc1ccc2c(c1)OCO2)c1cnn(-c2ncccn2)c1C(F)(F)F.